The Hall–Kier alpha value is -1.68. The summed E-state index contributed by atoms with van der Waals surface area (Å²) in [6, 6.07) is 13.5. The first kappa shape index (κ1) is 13.7. The fourth-order valence-corrected chi connectivity index (χ4v) is 2.14. The van der Waals surface area contributed by atoms with Crippen LogP contribution in [-0.4, -0.2) is 13.0 Å². The number of alkyl halides is 1. The van der Waals surface area contributed by atoms with Crippen LogP contribution in [0, 0.1) is 5.82 Å². The zero-order valence-corrected chi connectivity index (χ0v) is 12.0. The maximum atomic E-state index is 13.6. The Balaban J connectivity index is 2.26. The number of benzene rings is 2. The summed E-state index contributed by atoms with van der Waals surface area (Å²) in [6.45, 7) is 0. The summed E-state index contributed by atoms with van der Waals surface area (Å²) in [6.07, 6.45) is 0. The molecule has 98 valence electrons. The maximum Gasteiger partial charge on any atom is 0.258 e. The Morgan fingerprint density at radius 1 is 1.16 bits per heavy atom. The number of amides is 1. The van der Waals surface area contributed by atoms with Crippen LogP contribution in [-0.2, 0) is 5.33 Å². The van der Waals surface area contributed by atoms with Gasteiger partial charge in [0.25, 0.3) is 5.91 Å². The largest absolute Gasteiger partial charge is 0.309 e. The van der Waals surface area contributed by atoms with Crippen LogP contribution in [0.3, 0.4) is 0 Å². The molecule has 19 heavy (non-hydrogen) atoms. The van der Waals surface area contributed by atoms with E-state index in [0.717, 1.165) is 10.9 Å². The molecule has 2 aromatic rings. The van der Waals surface area contributed by atoms with Gasteiger partial charge in [-0.25, -0.2) is 4.39 Å². The van der Waals surface area contributed by atoms with Crippen molar-refractivity contribution in [3.05, 3.63) is 65.5 Å². The van der Waals surface area contributed by atoms with Crippen molar-refractivity contribution in [3.8, 4) is 0 Å². The molecule has 0 radical (unpaired) electrons. The Morgan fingerprint density at radius 2 is 1.79 bits per heavy atom. The molecule has 2 nitrogen and oxygen atoms in total. The standard InChI is InChI=1S/C15H13BrFNO/c1-18(14-5-3-2-4-13(14)17)15(19)12-8-6-11(10-16)7-9-12/h2-9H,10H2,1H3. The molecular weight excluding hydrogens is 309 g/mol. The normalized spacial score (nSPS) is 10.3. The van der Waals surface area contributed by atoms with Crippen LogP contribution in [0.1, 0.15) is 15.9 Å². The second-order valence-electron chi connectivity index (χ2n) is 4.15. The lowest BCUT2D eigenvalue weighted by molar-refractivity contribution is 0.0992. The SMILES string of the molecule is CN(C(=O)c1ccc(CBr)cc1)c1ccccc1F. The molecule has 1 amide bonds. The molecule has 0 unspecified atom stereocenters. The first-order valence-corrected chi connectivity index (χ1v) is 6.93. The zero-order chi connectivity index (χ0) is 13.8. The molecule has 0 fully saturated rings. The number of para-hydroxylation sites is 1. The molecule has 2 aromatic carbocycles. The van der Waals surface area contributed by atoms with E-state index in [1.165, 1.54) is 11.0 Å². The van der Waals surface area contributed by atoms with Gasteiger partial charge in [0.1, 0.15) is 5.82 Å². The number of halogens is 2. The van der Waals surface area contributed by atoms with Gasteiger partial charge in [-0.15, -0.1) is 0 Å². The van der Waals surface area contributed by atoms with Gasteiger partial charge in [0, 0.05) is 17.9 Å². The minimum absolute atomic E-state index is 0.230. The van der Waals surface area contributed by atoms with Gasteiger partial charge in [-0.2, -0.15) is 0 Å². The van der Waals surface area contributed by atoms with Crippen LogP contribution in [0.2, 0.25) is 0 Å². The van der Waals surface area contributed by atoms with Gasteiger partial charge in [-0.3, -0.25) is 4.79 Å². The van der Waals surface area contributed by atoms with Crippen molar-refractivity contribution in [2.75, 3.05) is 11.9 Å². The van der Waals surface area contributed by atoms with Crippen molar-refractivity contribution in [2.24, 2.45) is 0 Å². The Morgan fingerprint density at radius 3 is 2.37 bits per heavy atom. The summed E-state index contributed by atoms with van der Waals surface area (Å²) in [5.41, 5.74) is 1.90. The van der Waals surface area contributed by atoms with Gasteiger partial charge >= 0.3 is 0 Å². The lowest BCUT2D eigenvalue weighted by atomic mass is 10.1. The van der Waals surface area contributed by atoms with Crippen molar-refractivity contribution >= 4 is 27.5 Å². The van der Waals surface area contributed by atoms with Crippen LogP contribution in [0.4, 0.5) is 10.1 Å². The van der Waals surface area contributed by atoms with E-state index in [1.54, 1.807) is 37.4 Å². The average molecular weight is 322 g/mol. The fourth-order valence-electron chi connectivity index (χ4n) is 1.76. The molecule has 0 atom stereocenters. The van der Waals surface area contributed by atoms with Gasteiger partial charge in [0.05, 0.1) is 5.69 Å². The number of carbonyl (C=O) groups excluding carboxylic acids is 1. The first-order chi connectivity index (χ1) is 9.13. The van der Waals surface area contributed by atoms with Crippen LogP contribution in [0.25, 0.3) is 0 Å². The predicted molar refractivity (Wildman–Crippen MR) is 78.2 cm³/mol. The quantitative estimate of drug-likeness (QED) is 0.782. The lowest BCUT2D eigenvalue weighted by Gasteiger charge is -2.18. The second kappa shape index (κ2) is 5.97. The molecule has 0 aliphatic carbocycles. The average Bonchev–Trinajstić information content (AvgIpc) is 2.46. The highest BCUT2D eigenvalue weighted by Crippen LogP contribution is 2.19. The predicted octanol–water partition coefficient (Wildman–Crippen LogP) is 4.00. The summed E-state index contributed by atoms with van der Waals surface area (Å²) in [5, 5.41) is 0.741. The van der Waals surface area contributed by atoms with Crippen LogP contribution in [0.5, 0.6) is 0 Å². The van der Waals surface area contributed by atoms with Crippen LogP contribution < -0.4 is 4.90 Å². The number of anilines is 1. The molecule has 4 heteroatoms. The van der Waals surface area contributed by atoms with E-state index in [9.17, 15) is 9.18 Å². The first-order valence-electron chi connectivity index (χ1n) is 5.81. The van der Waals surface area contributed by atoms with E-state index in [2.05, 4.69) is 15.9 Å². The van der Waals surface area contributed by atoms with Gasteiger partial charge in [-0.05, 0) is 29.8 Å². The number of hydrogen-bond donors (Lipinski definition) is 0. The second-order valence-corrected chi connectivity index (χ2v) is 4.71. The fraction of sp³-hybridized carbons (Fsp3) is 0.133. The number of carbonyl (C=O) groups is 1. The molecule has 0 saturated carbocycles. The molecule has 0 heterocycles. The Kier molecular flexibility index (Phi) is 4.32. The number of hydrogen-bond acceptors (Lipinski definition) is 1. The minimum Gasteiger partial charge on any atom is -0.309 e. The third-order valence-corrected chi connectivity index (χ3v) is 3.52. The molecule has 2 rings (SSSR count). The highest BCUT2D eigenvalue weighted by molar-refractivity contribution is 9.08. The third-order valence-electron chi connectivity index (χ3n) is 2.87. The minimum atomic E-state index is -0.407. The topological polar surface area (TPSA) is 20.3 Å². The summed E-state index contributed by atoms with van der Waals surface area (Å²) < 4.78 is 13.6. The molecule has 0 saturated heterocycles. The summed E-state index contributed by atoms with van der Waals surface area (Å²) in [4.78, 5) is 13.6. The molecule has 0 aromatic heterocycles. The molecule has 0 bridgehead atoms. The van der Waals surface area contributed by atoms with Crippen molar-refractivity contribution in [1.29, 1.82) is 0 Å². The van der Waals surface area contributed by atoms with Crippen molar-refractivity contribution in [2.45, 2.75) is 5.33 Å². The molecular formula is C15H13BrFNO. The maximum absolute atomic E-state index is 13.6. The number of rotatable bonds is 3. The van der Waals surface area contributed by atoms with E-state index in [-0.39, 0.29) is 11.6 Å². The Labute approximate surface area is 120 Å². The van der Waals surface area contributed by atoms with E-state index >= 15 is 0 Å². The third kappa shape index (κ3) is 3.01. The molecule has 0 N–H and O–H groups in total. The van der Waals surface area contributed by atoms with Crippen molar-refractivity contribution in [3.63, 3.8) is 0 Å². The van der Waals surface area contributed by atoms with Crippen molar-refractivity contribution < 1.29 is 9.18 Å². The molecule has 0 aliphatic rings. The van der Waals surface area contributed by atoms with Crippen molar-refractivity contribution in [1.82, 2.24) is 0 Å². The van der Waals surface area contributed by atoms with E-state index in [4.69, 9.17) is 0 Å². The van der Waals surface area contributed by atoms with Crippen LogP contribution >= 0.6 is 15.9 Å². The van der Waals surface area contributed by atoms with E-state index in [1.807, 2.05) is 12.1 Å². The Bertz CT molecular complexity index is 583. The molecule has 0 spiro atoms. The van der Waals surface area contributed by atoms with Crippen LogP contribution in [0.15, 0.2) is 48.5 Å². The van der Waals surface area contributed by atoms with E-state index in [0.29, 0.717) is 5.56 Å². The summed E-state index contributed by atoms with van der Waals surface area (Å²) >= 11 is 3.35. The lowest BCUT2D eigenvalue weighted by Crippen LogP contribution is -2.27. The highest BCUT2D eigenvalue weighted by Gasteiger charge is 2.15. The summed E-state index contributed by atoms with van der Waals surface area (Å²) in [5.74, 6) is -0.637. The van der Waals surface area contributed by atoms with Gasteiger partial charge in [0.15, 0.2) is 0 Å². The molecule has 0 aliphatic heterocycles. The van der Waals surface area contributed by atoms with Gasteiger partial charge < -0.3 is 4.90 Å². The van der Waals surface area contributed by atoms with Gasteiger partial charge in [0.2, 0.25) is 0 Å². The van der Waals surface area contributed by atoms with E-state index < -0.39 is 5.82 Å². The monoisotopic (exact) mass is 321 g/mol. The summed E-state index contributed by atoms with van der Waals surface area (Å²) in [7, 11) is 1.57. The van der Waals surface area contributed by atoms with Gasteiger partial charge in [-0.1, -0.05) is 40.2 Å². The highest BCUT2D eigenvalue weighted by atomic mass is 79.9. The zero-order valence-electron chi connectivity index (χ0n) is 10.4. The number of nitrogens with zero attached hydrogens (tertiary/aromatic N) is 1. The smallest absolute Gasteiger partial charge is 0.258 e.